The fourth-order valence-electron chi connectivity index (χ4n) is 5.20. The van der Waals surface area contributed by atoms with Gasteiger partial charge in [-0.1, -0.05) is 25.5 Å². The van der Waals surface area contributed by atoms with Gasteiger partial charge in [0.05, 0.1) is 4.92 Å². The van der Waals surface area contributed by atoms with Crippen molar-refractivity contribution in [1.82, 2.24) is 20.0 Å². The van der Waals surface area contributed by atoms with E-state index in [0.717, 1.165) is 45.6 Å². The van der Waals surface area contributed by atoms with E-state index < -0.39 is 4.92 Å². The average molecular weight is 454 g/mol. The van der Waals surface area contributed by atoms with Crippen molar-refractivity contribution in [3.8, 4) is 11.5 Å². The monoisotopic (exact) mass is 453 g/mol. The third kappa shape index (κ3) is 5.68. The highest BCUT2D eigenvalue weighted by atomic mass is 16.6. The van der Waals surface area contributed by atoms with Crippen LogP contribution in [0.15, 0.2) is 40.3 Å². The fourth-order valence-corrected chi connectivity index (χ4v) is 5.20. The zero-order valence-electron chi connectivity index (χ0n) is 20.1. The van der Waals surface area contributed by atoms with Gasteiger partial charge in [0.2, 0.25) is 11.8 Å². The first-order valence-corrected chi connectivity index (χ1v) is 12.0. The Morgan fingerprint density at radius 1 is 1.15 bits per heavy atom. The molecule has 0 spiro atoms. The van der Waals surface area contributed by atoms with Crippen LogP contribution in [-0.2, 0) is 6.42 Å². The maximum absolute atomic E-state index is 10.9. The van der Waals surface area contributed by atoms with Gasteiger partial charge in [-0.05, 0) is 56.2 Å². The van der Waals surface area contributed by atoms with Gasteiger partial charge in [0, 0.05) is 56.8 Å². The Bertz CT molecular complexity index is 976. The van der Waals surface area contributed by atoms with Gasteiger partial charge in [0.25, 0.3) is 5.69 Å². The smallest absolute Gasteiger partial charge is 0.269 e. The number of piperazine rings is 1. The lowest BCUT2D eigenvalue weighted by Gasteiger charge is -2.41. The van der Waals surface area contributed by atoms with Crippen molar-refractivity contribution < 1.29 is 9.34 Å². The Morgan fingerprint density at radius 2 is 1.85 bits per heavy atom. The molecule has 1 aliphatic heterocycles. The van der Waals surface area contributed by atoms with E-state index in [2.05, 4.69) is 53.9 Å². The van der Waals surface area contributed by atoms with E-state index in [1.807, 2.05) is 0 Å². The lowest BCUT2D eigenvalue weighted by atomic mass is 9.69. The van der Waals surface area contributed by atoms with E-state index >= 15 is 0 Å². The van der Waals surface area contributed by atoms with Crippen molar-refractivity contribution in [3.05, 3.63) is 51.9 Å². The molecule has 1 saturated heterocycles. The molecule has 4 rings (SSSR count). The zero-order chi connectivity index (χ0) is 23.5. The molecule has 178 valence electrons. The van der Waals surface area contributed by atoms with E-state index in [9.17, 15) is 10.1 Å². The van der Waals surface area contributed by atoms with E-state index in [1.165, 1.54) is 17.7 Å². The van der Waals surface area contributed by atoms with Crippen molar-refractivity contribution in [3.63, 3.8) is 0 Å². The molecule has 0 amide bonds. The van der Waals surface area contributed by atoms with Gasteiger partial charge in [0.1, 0.15) is 0 Å². The third-order valence-electron chi connectivity index (χ3n) is 7.36. The van der Waals surface area contributed by atoms with Crippen LogP contribution in [0, 0.1) is 33.8 Å². The number of nitro benzene ring substituents is 1. The van der Waals surface area contributed by atoms with Crippen LogP contribution in [0.2, 0.25) is 0 Å². The molecule has 33 heavy (non-hydrogen) atoms. The Kier molecular flexibility index (Phi) is 7.24. The summed E-state index contributed by atoms with van der Waals surface area (Å²) in [5, 5.41) is 19.3. The average Bonchev–Trinajstić information content (AvgIpc) is 3.25. The first-order chi connectivity index (χ1) is 15.8. The molecule has 8 heteroatoms. The number of hydrogen-bond acceptors (Lipinski definition) is 7. The molecule has 1 aromatic heterocycles. The first-order valence-electron chi connectivity index (χ1n) is 12.0. The predicted molar refractivity (Wildman–Crippen MR) is 128 cm³/mol. The highest BCUT2D eigenvalue weighted by molar-refractivity contribution is 5.55. The number of allylic oxidation sites excluding steroid dienone is 1. The van der Waals surface area contributed by atoms with Crippen LogP contribution in [0.3, 0.4) is 0 Å². The highest BCUT2D eigenvalue weighted by Gasteiger charge is 2.33. The molecule has 0 bridgehead atoms. The van der Waals surface area contributed by atoms with E-state index in [-0.39, 0.29) is 5.69 Å². The summed E-state index contributed by atoms with van der Waals surface area (Å²) in [7, 11) is 2.20. The maximum Gasteiger partial charge on any atom is 0.269 e. The highest BCUT2D eigenvalue weighted by Crippen LogP contribution is 2.39. The summed E-state index contributed by atoms with van der Waals surface area (Å²) in [5.41, 5.74) is 2.16. The second kappa shape index (κ2) is 10.1. The molecule has 8 nitrogen and oxygen atoms in total. The summed E-state index contributed by atoms with van der Waals surface area (Å²) < 4.78 is 5.94. The molecule has 1 fully saturated rings. The molecule has 1 aliphatic carbocycles. The van der Waals surface area contributed by atoms with Crippen LogP contribution in [0.1, 0.15) is 33.1 Å². The maximum atomic E-state index is 10.9. The van der Waals surface area contributed by atoms with Gasteiger partial charge in [-0.3, -0.25) is 10.1 Å². The lowest BCUT2D eigenvalue weighted by Crippen LogP contribution is -2.47. The molecule has 2 aliphatic rings. The van der Waals surface area contributed by atoms with E-state index in [0.29, 0.717) is 41.0 Å². The number of nitro groups is 1. The molecule has 1 aromatic carbocycles. The van der Waals surface area contributed by atoms with Crippen LogP contribution < -0.4 is 0 Å². The normalized spacial score (nSPS) is 24.8. The van der Waals surface area contributed by atoms with E-state index in [1.54, 1.807) is 12.1 Å². The number of benzene rings is 1. The van der Waals surface area contributed by atoms with Gasteiger partial charge < -0.3 is 14.2 Å². The van der Waals surface area contributed by atoms with Crippen LogP contribution >= 0.6 is 0 Å². The Hall–Kier alpha value is -2.58. The molecule has 0 unspecified atom stereocenters. The Labute approximate surface area is 195 Å². The summed E-state index contributed by atoms with van der Waals surface area (Å²) in [6, 6.07) is 6.22. The van der Waals surface area contributed by atoms with Crippen molar-refractivity contribution in [2.75, 3.05) is 39.8 Å². The first kappa shape index (κ1) is 23.6. The van der Waals surface area contributed by atoms with Crippen LogP contribution in [0.25, 0.3) is 11.5 Å². The minimum atomic E-state index is -0.413. The molecule has 0 radical (unpaired) electrons. The summed E-state index contributed by atoms with van der Waals surface area (Å²) in [4.78, 5) is 15.5. The predicted octanol–water partition coefficient (Wildman–Crippen LogP) is 4.29. The molecular formula is C25H35N5O3. The summed E-state index contributed by atoms with van der Waals surface area (Å²) in [6.07, 6.45) is 4.37. The van der Waals surface area contributed by atoms with Gasteiger partial charge >= 0.3 is 0 Å². The minimum Gasteiger partial charge on any atom is -0.421 e. The second-order valence-electron chi connectivity index (χ2n) is 10.0. The molecule has 2 aromatic rings. The summed E-state index contributed by atoms with van der Waals surface area (Å²) in [6.45, 7) is 12.7. The summed E-state index contributed by atoms with van der Waals surface area (Å²) in [5.74, 6) is 3.27. The quantitative estimate of drug-likeness (QED) is 0.351. The molecule has 3 atom stereocenters. The molecule has 0 N–H and O–H groups in total. The number of rotatable bonds is 7. The number of likely N-dealkylation sites (N-methyl/N-ethyl adjacent to an activating group) is 1. The number of aromatic nitrogens is 2. The van der Waals surface area contributed by atoms with Gasteiger partial charge in [-0.2, -0.15) is 0 Å². The van der Waals surface area contributed by atoms with Crippen LogP contribution in [0.4, 0.5) is 5.69 Å². The standard InChI is InChI=1S/C25H35N5O3/c1-17(2)23-14-20(18(3)13-21(23)16-29-11-9-28(4)10-12-29)15-24-26-27-25(33-24)19-5-7-22(8-6-19)30(31)32/h5-8,13,17,20-21,23H,9-12,14-16H2,1-4H3/t20-,21-,23-/m0/s1. The largest absolute Gasteiger partial charge is 0.421 e. The van der Waals surface area contributed by atoms with E-state index in [4.69, 9.17) is 4.42 Å². The number of nitrogens with zero attached hydrogens (tertiary/aromatic N) is 5. The zero-order valence-corrected chi connectivity index (χ0v) is 20.1. The number of hydrogen-bond donors (Lipinski definition) is 0. The molecule has 2 heterocycles. The second-order valence-corrected chi connectivity index (χ2v) is 10.0. The molecule has 0 saturated carbocycles. The fraction of sp³-hybridized carbons (Fsp3) is 0.600. The number of non-ortho nitro benzene ring substituents is 1. The van der Waals surface area contributed by atoms with Gasteiger partial charge in [-0.15, -0.1) is 10.2 Å². The SMILES string of the molecule is CC1=C[C@@H](CN2CCN(C)CC2)[C@H](C(C)C)C[C@H]1Cc1nnc(-c2ccc([N+](=O)[O-])cc2)o1. The van der Waals surface area contributed by atoms with Crippen molar-refractivity contribution >= 4 is 5.69 Å². The van der Waals surface area contributed by atoms with Gasteiger partial charge in [0.15, 0.2) is 0 Å². The van der Waals surface area contributed by atoms with Crippen molar-refractivity contribution in [2.24, 2.45) is 23.7 Å². The topological polar surface area (TPSA) is 88.5 Å². The lowest BCUT2D eigenvalue weighted by molar-refractivity contribution is -0.384. The van der Waals surface area contributed by atoms with Crippen molar-refractivity contribution in [1.29, 1.82) is 0 Å². The Balaban J connectivity index is 1.43. The molecular weight excluding hydrogens is 418 g/mol. The van der Waals surface area contributed by atoms with Crippen LogP contribution in [0.5, 0.6) is 0 Å². The minimum absolute atomic E-state index is 0.0484. The third-order valence-corrected chi connectivity index (χ3v) is 7.36. The van der Waals surface area contributed by atoms with Crippen LogP contribution in [-0.4, -0.2) is 64.7 Å². The summed E-state index contributed by atoms with van der Waals surface area (Å²) >= 11 is 0. The van der Waals surface area contributed by atoms with Crippen molar-refractivity contribution in [2.45, 2.75) is 33.6 Å². The van der Waals surface area contributed by atoms with Gasteiger partial charge in [-0.25, -0.2) is 0 Å². The Morgan fingerprint density at radius 3 is 2.48 bits per heavy atom.